The van der Waals surface area contributed by atoms with E-state index >= 15 is 0 Å². The molecule has 0 amide bonds. The van der Waals surface area contributed by atoms with Gasteiger partial charge in [-0.1, -0.05) is 58.6 Å². The van der Waals surface area contributed by atoms with E-state index in [1.807, 2.05) is 12.1 Å². The second kappa shape index (κ2) is 5.84. The van der Waals surface area contributed by atoms with Crippen molar-refractivity contribution in [1.29, 1.82) is 0 Å². The van der Waals surface area contributed by atoms with Crippen LogP contribution in [0.15, 0.2) is 18.2 Å². The molecular weight excluding hydrogens is 257 g/mol. The number of halogens is 1. The molecule has 1 saturated carbocycles. The molecule has 106 valence electrons. The van der Waals surface area contributed by atoms with Crippen LogP contribution in [0.1, 0.15) is 57.2 Å². The molecule has 1 atom stereocenters. The second-order valence-corrected chi connectivity index (χ2v) is 7.02. The number of nitrogens with one attached hydrogen (secondary N) is 1. The molecule has 0 saturated heterocycles. The SMILES string of the molecule is CC(C)(C)C(NS)c1ccc(F)c(CCC2CC2)c1. The molecular formula is C16H24FNS. The number of hydrogen-bond acceptors (Lipinski definition) is 2. The van der Waals surface area contributed by atoms with Gasteiger partial charge in [0.2, 0.25) is 0 Å². The predicted octanol–water partition coefficient (Wildman–Crippen LogP) is 4.69. The molecule has 1 N–H and O–H groups in total. The number of aryl methyl sites for hydroxylation is 1. The fraction of sp³-hybridized carbons (Fsp3) is 0.625. The summed E-state index contributed by atoms with van der Waals surface area (Å²) in [6, 6.07) is 5.60. The molecule has 3 heteroatoms. The molecule has 1 aliphatic rings. The average molecular weight is 281 g/mol. The van der Waals surface area contributed by atoms with Crippen molar-refractivity contribution < 1.29 is 4.39 Å². The maximum atomic E-state index is 13.9. The van der Waals surface area contributed by atoms with Crippen molar-refractivity contribution in [3.63, 3.8) is 0 Å². The van der Waals surface area contributed by atoms with Gasteiger partial charge in [0.25, 0.3) is 0 Å². The molecule has 1 aromatic rings. The van der Waals surface area contributed by atoms with Crippen molar-refractivity contribution >= 4 is 12.8 Å². The van der Waals surface area contributed by atoms with Gasteiger partial charge < -0.3 is 0 Å². The topological polar surface area (TPSA) is 12.0 Å². The van der Waals surface area contributed by atoms with Gasteiger partial charge in [-0.05, 0) is 41.4 Å². The van der Waals surface area contributed by atoms with Crippen LogP contribution in [-0.2, 0) is 6.42 Å². The lowest BCUT2D eigenvalue weighted by atomic mass is 9.82. The first-order valence-corrected chi connectivity index (χ1v) is 7.54. The van der Waals surface area contributed by atoms with Gasteiger partial charge in [0.05, 0.1) is 0 Å². The molecule has 2 rings (SSSR count). The molecule has 0 aliphatic heterocycles. The quantitative estimate of drug-likeness (QED) is 0.746. The molecule has 1 nitrogen and oxygen atoms in total. The molecule has 0 bridgehead atoms. The first-order valence-electron chi connectivity index (χ1n) is 7.09. The third-order valence-corrected chi connectivity index (χ3v) is 4.18. The average Bonchev–Trinajstić information content (AvgIpc) is 3.12. The second-order valence-electron chi connectivity index (χ2n) is 6.76. The summed E-state index contributed by atoms with van der Waals surface area (Å²) in [5, 5.41) is 0. The van der Waals surface area contributed by atoms with E-state index in [9.17, 15) is 4.39 Å². The first kappa shape index (κ1) is 14.9. The molecule has 1 unspecified atom stereocenters. The van der Waals surface area contributed by atoms with Crippen LogP contribution in [0.5, 0.6) is 0 Å². The zero-order chi connectivity index (χ0) is 14.0. The predicted molar refractivity (Wildman–Crippen MR) is 81.8 cm³/mol. The molecule has 1 aromatic carbocycles. The highest BCUT2D eigenvalue weighted by molar-refractivity contribution is 7.78. The third kappa shape index (κ3) is 3.96. The van der Waals surface area contributed by atoms with Gasteiger partial charge >= 0.3 is 0 Å². The molecule has 0 aromatic heterocycles. The van der Waals surface area contributed by atoms with E-state index in [-0.39, 0.29) is 17.3 Å². The summed E-state index contributed by atoms with van der Waals surface area (Å²) < 4.78 is 16.9. The lowest BCUT2D eigenvalue weighted by Gasteiger charge is -2.30. The Kier molecular flexibility index (Phi) is 4.57. The van der Waals surface area contributed by atoms with Crippen LogP contribution in [0.4, 0.5) is 4.39 Å². The Morgan fingerprint density at radius 1 is 1.37 bits per heavy atom. The van der Waals surface area contributed by atoms with Crippen LogP contribution in [0.2, 0.25) is 0 Å². The molecule has 0 heterocycles. The minimum absolute atomic E-state index is 0.0490. The van der Waals surface area contributed by atoms with Gasteiger partial charge in [-0.15, -0.1) is 0 Å². The minimum atomic E-state index is -0.0729. The Morgan fingerprint density at radius 2 is 2.05 bits per heavy atom. The van der Waals surface area contributed by atoms with Gasteiger partial charge in [0.1, 0.15) is 5.82 Å². The lowest BCUT2D eigenvalue weighted by Crippen LogP contribution is -2.27. The van der Waals surface area contributed by atoms with Gasteiger partial charge in [-0.2, -0.15) is 0 Å². The summed E-state index contributed by atoms with van der Waals surface area (Å²) in [5.74, 6) is 0.765. The zero-order valence-electron chi connectivity index (χ0n) is 12.0. The van der Waals surface area contributed by atoms with E-state index < -0.39 is 0 Å². The van der Waals surface area contributed by atoms with Crippen LogP contribution >= 0.6 is 12.8 Å². The number of benzene rings is 1. The van der Waals surface area contributed by atoms with Crippen molar-refractivity contribution in [2.75, 3.05) is 0 Å². The Labute approximate surface area is 121 Å². The number of hydrogen-bond donors (Lipinski definition) is 2. The van der Waals surface area contributed by atoms with Crippen molar-refractivity contribution in [2.24, 2.45) is 11.3 Å². The van der Waals surface area contributed by atoms with E-state index in [0.29, 0.717) is 0 Å². The Morgan fingerprint density at radius 3 is 2.58 bits per heavy atom. The summed E-state index contributed by atoms with van der Waals surface area (Å²) in [4.78, 5) is 0. The number of thiol groups is 1. The standard InChI is InChI=1S/C16H24FNS/c1-16(2,3)15(18-19)13-8-9-14(17)12(10-13)7-6-11-4-5-11/h8-11,15,18-19H,4-7H2,1-3H3. The summed E-state index contributed by atoms with van der Waals surface area (Å²) in [7, 11) is 0. The molecule has 0 radical (unpaired) electrons. The highest BCUT2D eigenvalue weighted by atomic mass is 32.1. The van der Waals surface area contributed by atoms with Crippen molar-refractivity contribution in [1.82, 2.24) is 4.72 Å². The monoisotopic (exact) mass is 281 g/mol. The van der Waals surface area contributed by atoms with Gasteiger partial charge in [-0.25, -0.2) is 4.39 Å². The van der Waals surface area contributed by atoms with E-state index in [2.05, 4.69) is 38.3 Å². The van der Waals surface area contributed by atoms with Crippen LogP contribution in [0.25, 0.3) is 0 Å². The Balaban J connectivity index is 2.18. The van der Waals surface area contributed by atoms with E-state index in [4.69, 9.17) is 0 Å². The highest BCUT2D eigenvalue weighted by Crippen LogP contribution is 2.36. The van der Waals surface area contributed by atoms with Gasteiger partial charge in [0.15, 0.2) is 0 Å². The maximum Gasteiger partial charge on any atom is 0.126 e. The minimum Gasteiger partial charge on any atom is -0.259 e. The third-order valence-electron chi connectivity index (χ3n) is 3.92. The van der Waals surface area contributed by atoms with Crippen LogP contribution in [0.3, 0.4) is 0 Å². The lowest BCUT2D eigenvalue weighted by molar-refractivity contribution is 0.311. The number of rotatable bonds is 5. The molecule has 1 aliphatic carbocycles. The summed E-state index contributed by atoms with van der Waals surface area (Å²) in [6.07, 6.45) is 4.62. The first-order chi connectivity index (χ1) is 8.91. The summed E-state index contributed by atoms with van der Waals surface area (Å²) >= 11 is 4.23. The normalized spacial score (nSPS) is 17.5. The Bertz CT molecular complexity index is 435. The molecule has 1 fully saturated rings. The van der Waals surface area contributed by atoms with E-state index in [1.165, 1.54) is 12.8 Å². The van der Waals surface area contributed by atoms with Crippen molar-refractivity contribution in [2.45, 2.75) is 52.5 Å². The van der Waals surface area contributed by atoms with E-state index in [0.717, 1.165) is 29.9 Å². The Hall–Kier alpha value is -0.540. The smallest absolute Gasteiger partial charge is 0.126 e. The van der Waals surface area contributed by atoms with Crippen molar-refractivity contribution in [3.05, 3.63) is 35.1 Å². The van der Waals surface area contributed by atoms with Crippen LogP contribution in [0, 0.1) is 17.2 Å². The van der Waals surface area contributed by atoms with Crippen LogP contribution < -0.4 is 4.72 Å². The van der Waals surface area contributed by atoms with Crippen molar-refractivity contribution in [3.8, 4) is 0 Å². The van der Waals surface area contributed by atoms with Crippen LogP contribution in [-0.4, -0.2) is 0 Å². The highest BCUT2D eigenvalue weighted by Gasteiger charge is 2.26. The maximum absolute atomic E-state index is 13.9. The fourth-order valence-corrected chi connectivity index (χ4v) is 3.04. The largest absolute Gasteiger partial charge is 0.259 e. The van der Waals surface area contributed by atoms with Gasteiger partial charge in [0, 0.05) is 6.04 Å². The molecule has 19 heavy (non-hydrogen) atoms. The van der Waals surface area contributed by atoms with E-state index in [1.54, 1.807) is 6.07 Å². The zero-order valence-corrected chi connectivity index (χ0v) is 12.9. The van der Waals surface area contributed by atoms with Gasteiger partial charge in [-0.3, -0.25) is 4.72 Å². The summed E-state index contributed by atoms with van der Waals surface area (Å²) in [6.45, 7) is 6.48. The molecule has 0 spiro atoms. The summed E-state index contributed by atoms with van der Waals surface area (Å²) in [5.41, 5.74) is 2.02. The fourth-order valence-electron chi connectivity index (χ4n) is 2.50.